The summed E-state index contributed by atoms with van der Waals surface area (Å²) in [4.78, 5) is 22.0. The highest BCUT2D eigenvalue weighted by molar-refractivity contribution is 7.17. The summed E-state index contributed by atoms with van der Waals surface area (Å²) in [6.45, 7) is 21.5. The van der Waals surface area contributed by atoms with Crippen LogP contribution in [0.3, 0.4) is 0 Å². The zero-order chi connectivity index (χ0) is 47.9. The fourth-order valence-electron chi connectivity index (χ4n) is 8.00. The summed E-state index contributed by atoms with van der Waals surface area (Å²) in [6, 6.07) is 32.7. The summed E-state index contributed by atoms with van der Waals surface area (Å²) in [7, 11) is -2.01. The number of hydrogen-bond donors (Lipinski definition) is 1. The molecule has 6 aromatic rings. The first-order valence-corrected chi connectivity index (χ1v) is 29.0. The largest absolute Gasteiger partial charge is 0.497 e. The van der Waals surface area contributed by atoms with Crippen LogP contribution in [0.5, 0.6) is 11.5 Å². The second kappa shape index (κ2) is 18.7. The molecule has 1 amide bonds. The van der Waals surface area contributed by atoms with Crippen molar-refractivity contribution in [1.82, 2.24) is 9.97 Å². The van der Waals surface area contributed by atoms with Gasteiger partial charge in [0, 0.05) is 16.7 Å². The highest BCUT2D eigenvalue weighted by Gasteiger charge is 2.62. The number of primary amides is 1. The normalized spacial score (nSPS) is 19.6. The lowest BCUT2D eigenvalue weighted by atomic mass is 9.79. The van der Waals surface area contributed by atoms with E-state index >= 15 is 4.39 Å². The number of nitrogens with two attached hydrogens (primary N) is 1. The molecule has 1 saturated heterocycles. The molecule has 4 atom stereocenters. The van der Waals surface area contributed by atoms with Gasteiger partial charge >= 0.3 is 0 Å². The van der Waals surface area contributed by atoms with Gasteiger partial charge in [-0.05, 0) is 88.7 Å². The van der Waals surface area contributed by atoms with Crippen LogP contribution in [0.1, 0.15) is 80.3 Å². The van der Waals surface area contributed by atoms with E-state index in [2.05, 4.69) is 72.7 Å². The van der Waals surface area contributed by atoms with E-state index in [1.807, 2.05) is 90.3 Å². The second-order valence-electron chi connectivity index (χ2n) is 20.2. The first-order chi connectivity index (χ1) is 31.1. The van der Waals surface area contributed by atoms with E-state index < -0.39 is 52.1 Å². The highest BCUT2D eigenvalue weighted by atomic mass is 32.1. The van der Waals surface area contributed by atoms with Gasteiger partial charge in [0.05, 0.1) is 43.3 Å². The number of hydrogen-bond acceptors (Lipinski definition) is 10. The molecule has 7 rings (SSSR count). The van der Waals surface area contributed by atoms with Crippen LogP contribution in [-0.2, 0) is 23.9 Å². The smallest absolute Gasteiger partial charge is 0.249 e. The SMILES string of the molecule is COc1ccc(C(OC[C@]2(CO[Si](C)(C)C(C)(C)C)O[C@@H](c3csc4c(-c5ccccc5C(N)=O)ncnc34)[C@H](F)[C@@H]2O[Si](C)(C)C(C)(C)C)(c2ccccc2)c2ccc(OC)cc2)cc1. The van der Waals surface area contributed by atoms with Crippen LogP contribution < -0.4 is 15.2 Å². The minimum absolute atomic E-state index is 0.00983. The number of methoxy groups -OCH3 is 2. The Bertz CT molecular complexity index is 2580. The number of fused-ring (bicyclic) bond motifs is 1. The van der Waals surface area contributed by atoms with Gasteiger partial charge < -0.3 is 33.5 Å². The molecule has 66 heavy (non-hydrogen) atoms. The number of carbonyl (C=O) groups excluding carboxylic acids is 1. The minimum atomic E-state index is -2.75. The molecule has 3 heterocycles. The lowest BCUT2D eigenvalue weighted by Crippen LogP contribution is -2.59. The van der Waals surface area contributed by atoms with Crippen molar-refractivity contribution in [2.75, 3.05) is 27.4 Å². The number of amides is 1. The molecular formula is C52H64FN3O7SSi2. The Morgan fingerprint density at radius 1 is 0.758 bits per heavy atom. The van der Waals surface area contributed by atoms with Crippen molar-refractivity contribution < 1.29 is 37.0 Å². The standard InChI is InChI=1S/C52H64FN3O7SSi2/c1-49(2,3)65(9,10)61-32-51(31-60-52(34-18-14-13-15-19-34,35-22-26-37(58-7)27-23-35)36-24-28-38(59-8)29-25-36)47(63-66(11,12)50(4,5)6)42(53)45(62-51)41-30-64-46-43(55-33-56-44(41)46)39-20-16-17-21-40(39)48(54)57/h13-30,33,42,45,47H,31-32H2,1-12H3,(H2,54,57)/t42-,45-,47-,51+/m0/s1. The van der Waals surface area contributed by atoms with Crippen molar-refractivity contribution in [3.63, 3.8) is 0 Å². The van der Waals surface area contributed by atoms with E-state index in [-0.39, 0.29) is 23.3 Å². The molecule has 1 aliphatic heterocycles. The first kappa shape index (κ1) is 49.1. The molecule has 0 aliphatic carbocycles. The molecule has 0 unspecified atom stereocenters. The third kappa shape index (κ3) is 9.25. The summed E-state index contributed by atoms with van der Waals surface area (Å²) in [5.74, 6) is 0.797. The molecule has 4 aromatic carbocycles. The van der Waals surface area contributed by atoms with E-state index in [4.69, 9.17) is 38.5 Å². The maximum atomic E-state index is 18.5. The number of halogens is 1. The monoisotopic (exact) mass is 949 g/mol. The number of alkyl halides is 1. The Balaban J connectivity index is 1.45. The maximum absolute atomic E-state index is 18.5. The molecule has 0 spiro atoms. The van der Waals surface area contributed by atoms with E-state index in [0.29, 0.717) is 44.1 Å². The van der Waals surface area contributed by atoms with Gasteiger partial charge in [-0.25, -0.2) is 14.4 Å². The fraction of sp³-hybridized carbons (Fsp3) is 0.404. The van der Waals surface area contributed by atoms with Gasteiger partial charge in [0.1, 0.15) is 41.2 Å². The molecule has 1 aliphatic rings. The number of carbonyl (C=O) groups is 1. The zero-order valence-electron chi connectivity index (χ0n) is 40.2. The van der Waals surface area contributed by atoms with Crippen molar-refractivity contribution >= 4 is 44.1 Å². The Hall–Kier alpha value is -4.81. The quantitative estimate of drug-likeness (QED) is 0.0746. The average molecular weight is 950 g/mol. The molecule has 0 saturated carbocycles. The maximum Gasteiger partial charge on any atom is 0.249 e. The molecule has 0 radical (unpaired) electrons. The van der Waals surface area contributed by atoms with Crippen LogP contribution in [0.15, 0.2) is 115 Å². The topological polar surface area (TPSA) is 124 Å². The first-order valence-electron chi connectivity index (χ1n) is 22.3. The molecule has 10 nitrogen and oxygen atoms in total. The number of ether oxygens (including phenoxy) is 4. The number of benzene rings is 4. The van der Waals surface area contributed by atoms with Crippen LogP contribution in [0.2, 0.25) is 36.3 Å². The summed E-state index contributed by atoms with van der Waals surface area (Å²) < 4.78 is 60.0. The Labute approximate surface area is 395 Å². The summed E-state index contributed by atoms with van der Waals surface area (Å²) in [6.07, 6.45) is -2.54. The van der Waals surface area contributed by atoms with Crippen LogP contribution in [0.4, 0.5) is 4.39 Å². The van der Waals surface area contributed by atoms with Crippen molar-refractivity contribution in [2.45, 2.75) is 107 Å². The third-order valence-electron chi connectivity index (χ3n) is 14.0. The van der Waals surface area contributed by atoms with Gasteiger partial charge in [0.15, 0.2) is 22.8 Å². The van der Waals surface area contributed by atoms with Gasteiger partial charge in [-0.2, -0.15) is 0 Å². The van der Waals surface area contributed by atoms with Crippen LogP contribution in [-0.4, -0.2) is 77.8 Å². The molecule has 1 fully saturated rings. The van der Waals surface area contributed by atoms with Gasteiger partial charge in [-0.15, -0.1) is 11.3 Å². The van der Waals surface area contributed by atoms with Crippen molar-refractivity contribution in [2.24, 2.45) is 5.73 Å². The highest BCUT2D eigenvalue weighted by Crippen LogP contribution is 2.53. The number of thiophene rings is 1. The Morgan fingerprint density at radius 2 is 1.30 bits per heavy atom. The summed E-state index contributed by atoms with van der Waals surface area (Å²) in [5.41, 5.74) is 8.02. The van der Waals surface area contributed by atoms with Crippen molar-refractivity contribution in [1.29, 1.82) is 0 Å². The number of aromatic nitrogens is 2. The zero-order valence-corrected chi connectivity index (χ0v) is 43.0. The predicted molar refractivity (Wildman–Crippen MR) is 266 cm³/mol. The molecular weight excluding hydrogens is 886 g/mol. The lowest BCUT2D eigenvalue weighted by molar-refractivity contribution is -0.163. The lowest BCUT2D eigenvalue weighted by Gasteiger charge is -2.46. The molecule has 2 N–H and O–H groups in total. The molecule has 0 bridgehead atoms. The van der Waals surface area contributed by atoms with E-state index in [1.54, 1.807) is 32.4 Å². The van der Waals surface area contributed by atoms with Crippen LogP contribution in [0, 0.1) is 0 Å². The number of rotatable bonds is 16. The van der Waals surface area contributed by atoms with Gasteiger partial charge in [-0.1, -0.05) is 114 Å². The van der Waals surface area contributed by atoms with Crippen LogP contribution in [0.25, 0.3) is 21.5 Å². The number of nitrogens with zero attached hydrogens (tertiary/aromatic N) is 2. The van der Waals surface area contributed by atoms with Gasteiger partial charge in [0.2, 0.25) is 5.91 Å². The second-order valence-corrected chi connectivity index (χ2v) is 30.6. The molecule has 14 heteroatoms. The summed E-state index contributed by atoms with van der Waals surface area (Å²) >= 11 is 1.37. The van der Waals surface area contributed by atoms with Crippen molar-refractivity contribution in [3.05, 3.63) is 143 Å². The molecule has 350 valence electrons. The van der Waals surface area contributed by atoms with E-state index in [9.17, 15) is 4.79 Å². The van der Waals surface area contributed by atoms with Crippen LogP contribution >= 0.6 is 11.3 Å². The van der Waals surface area contributed by atoms with Gasteiger partial charge in [-0.3, -0.25) is 4.79 Å². The molecule has 2 aromatic heterocycles. The minimum Gasteiger partial charge on any atom is -0.497 e. The van der Waals surface area contributed by atoms with E-state index in [0.717, 1.165) is 16.7 Å². The third-order valence-corrected chi connectivity index (χ3v) is 23.9. The average Bonchev–Trinajstić information content (AvgIpc) is 3.84. The van der Waals surface area contributed by atoms with E-state index in [1.165, 1.54) is 17.7 Å². The van der Waals surface area contributed by atoms with Gasteiger partial charge in [0.25, 0.3) is 0 Å². The Kier molecular flexibility index (Phi) is 13.9. The van der Waals surface area contributed by atoms with Crippen molar-refractivity contribution in [3.8, 4) is 22.8 Å². The Morgan fingerprint density at radius 3 is 1.85 bits per heavy atom. The fourth-order valence-corrected chi connectivity index (χ4v) is 11.4. The predicted octanol–water partition coefficient (Wildman–Crippen LogP) is 12.0. The summed E-state index contributed by atoms with van der Waals surface area (Å²) in [5, 5.41) is 1.41.